The van der Waals surface area contributed by atoms with Crippen molar-refractivity contribution in [3.05, 3.63) is 29.8 Å². The van der Waals surface area contributed by atoms with Gasteiger partial charge in [0.15, 0.2) is 0 Å². The Balaban J connectivity index is 3.34. The molecule has 5 nitrogen and oxygen atoms in total. The zero-order chi connectivity index (χ0) is 15.3. The highest BCUT2D eigenvalue weighted by atomic mass is 16.5. The van der Waals surface area contributed by atoms with Gasteiger partial charge in [-0.25, -0.2) is 0 Å². The van der Waals surface area contributed by atoms with Crippen LogP contribution in [0.2, 0.25) is 0 Å². The molecule has 0 saturated carbocycles. The molecule has 1 rings (SSSR count). The Bertz CT molecular complexity index is 474. The Hall–Kier alpha value is -2.04. The van der Waals surface area contributed by atoms with Gasteiger partial charge in [0.2, 0.25) is 0 Å². The lowest BCUT2D eigenvalue weighted by atomic mass is 9.68. The number of hydrogen-bond donors (Lipinski definition) is 2. The number of aliphatic carboxylic acids is 2. The maximum atomic E-state index is 11.6. The highest BCUT2D eigenvalue weighted by molar-refractivity contribution is 5.87. The maximum absolute atomic E-state index is 11.6. The van der Waals surface area contributed by atoms with Crippen LogP contribution < -0.4 is 4.74 Å². The molecule has 1 unspecified atom stereocenters. The van der Waals surface area contributed by atoms with Gasteiger partial charge in [-0.15, -0.1) is 0 Å². The van der Waals surface area contributed by atoms with Crippen molar-refractivity contribution in [3.8, 4) is 5.75 Å². The Morgan fingerprint density at radius 3 is 1.95 bits per heavy atom. The van der Waals surface area contributed by atoms with E-state index in [2.05, 4.69) is 0 Å². The Labute approximate surface area is 118 Å². The van der Waals surface area contributed by atoms with E-state index in [1.54, 1.807) is 38.1 Å². The second-order valence-electron chi connectivity index (χ2n) is 4.71. The summed E-state index contributed by atoms with van der Waals surface area (Å²) in [7, 11) is 1.52. The van der Waals surface area contributed by atoms with Gasteiger partial charge in [0.1, 0.15) is 5.75 Å². The number of carboxylic acids is 2. The van der Waals surface area contributed by atoms with Crippen molar-refractivity contribution in [1.82, 2.24) is 0 Å². The van der Waals surface area contributed by atoms with Crippen LogP contribution in [0.4, 0.5) is 0 Å². The summed E-state index contributed by atoms with van der Waals surface area (Å²) in [5.74, 6) is -2.68. The summed E-state index contributed by atoms with van der Waals surface area (Å²) in [5, 5.41) is 19.0. The first-order valence-electron chi connectivity index (χ1n) is 6.53. The molecule has 110 valence electrons. The summed E-state index contributed by atoms with van der Waals surface area (Å²) >= 11 is 0. The van der Waals surface area contributed by atoms with Crippen LogP contribution in [0.15, 0.2) is 24.3 Å². The summed E-state index contributed by atoms with van der Waals surface area (Å²) in [6, 6.07) is 6.51. The molecular weight excluding hydrogens is 260 g/mol. The van der Waals surface area contributed by atoms with Crippen molar-refractivity contribution in [2.45, 2.75) is 32.6 Å². The van der Waals surface area contributed by atoms with Gasteiger partial charge in [0.25, 0.3) is 0 Å². The third-order valence-electron chi connectivity index (χ3n) is 3.94. The van der Waals surface area contributed by atoms with E-state index in [-0.39, 0.29) is 12.8 Å². The van der Waals surface area contributed by atoms with Gasteiger partial charge in [-0.2, -0.15) is 0 Å². The fraction of sp³-hybridized carbons (Fsp3) is 0.467. The number of methoxy groups -OCH3 is 1. The molecule has 0 heterocycles. The Morgan fingerprint density at radius 2 is 1.65 bits per heavy atom. The van der Waals surface area contributed by atoms with Gasteiger partial charge >= 0.3 is 11.9 Å². The second kappa shape index (κ2) is 6.41. The number of carboxylic acid groups (broad SMARTS) is 2. The second-order valence-corrected chi connectivity index (χ2v) is 4.71. The monoisotopic (exact) mass is 280 g/mol. The molecular formula is C15H20O5. The molecule has 0 aromatic heterocycles. The minimum Gasteiger partial charge on any atom is -0.497 e. The average Bonchev–Trinajstić information content (AvgIpc) is 2.44. The zero-order valence-electron chi connectivity index (χ0n) is 11.9. The number of carbonyl (C=O) groups is 2. The molecule has 1 atom stereocenters. The fourth-order valence-electron chi connectivity index (χ4n) is 2.58. The summed E-state index contributed by atoms with van der Waals surface area (Å²) in [6.45, 7) is 3.41. The lowest BCUT2D eigenvalue weighted by Gasteiger charge is -2.33. The number of hydrogen-bond acceptors (Lipinski definition) is 3. The normalized spacial score (nSPS) is 12.8. The summed E-state index contributed by atoms with van der Waals surface area (Å²) in [6.07, 6.45) is 0.504. The molecule has 0 saturated heterocycles. The van der Waals surface area contributed by atoms with Crippen LogP contribution in [0.25, 0.3) is 0 Å². The number of benzene rings is 1. The standard InChI is InChI=1S/C15H20O5/c1-4-15(5-2,14(18)19)12(13(16)17)10-6-8-11(20-3)9-7-10/h6-9,12H,4-5H2,1-3H3,(H,16,17)(H,18,19). The van der Waals surface area contributed by atoms with Crippen LogP contribution in [-0.4, -0.2) is 29.3 Å². The first-order chi connectivity index (χ1) is 9.42. The van der Waals surface area contributed by atoms with Crippen LogP contribution in [0.5, 0.6) is 5.75 Å². The molecule has 20 heavy (non-hydrogen) atoms. The van der Waals surface area contributed by atoms with Crippen LogP contribution in [0.1, 0.15) is 38.2 Å². The van der Waals surface area contributed by atoms with E-state index < -0.39 is 23.3 Å². The number of ether oxygens (including phenoxy) is 1. The maximum Gasteiger partial charge on any atom is 0.312 e. The van der Waals surface area contributed by atoms with Gasteiger partial charge < -0.3 is 14.9 Å². The molecule has 0 bridgehead atoms. The van der Waals surface area contributed by atoms with E-state index in [0.717, 1.165) is 0 Å². The van der Waals surface area contributed by atoms with E-state index in [1.165, 1.54) is 7.11 Å². The van der Waals surface area contributed by atoms with E-state index in [9.17, 15) is 19.8 Å². The molecule has 0 fully saturated rings. The molecule has 1 aromatic rings. The molecule has 0 spiro atoms. The Kier molecular flexibility index (Phi) is 5.13. The summed E-state index contributed by atoms with van der Waals surface area (Å²) in [4.78, 5) is 23.3. The van der Waals surface area contributed by atoms with E-state index >= 15 is 0 Å². The minimum atomic E-state index is -1.31. The van der Waals surface area contributed by atoms with Gasteiger partial charge in [0.05, 0.1) is 18.4 Å². The molecule has 2 N–H and O–H groups in total. The largest absolute Gasteiger partial charge is 0.497 e. The number of rotatable bonds is 7. The third-order valence-corrected chi connectivity index (χ3v) is 3.94. The molecule has 1 aromatic carbocycles. The molecule has 5 heteroatoms. The molecule has 0 aliphatic rings. The quantitative estimate of drug-likeness (QED) is 0.802. The predicted octanol–water partition coefficient (Wildman–Crippen LogP) is 2.75. The lowest BCUT2D eigenvalue weighted by Crippen LogP contribution is -2.40. The van der Waals surface area contributed by atoms with Crippen molar-refractivity contribution in [2.75, 3.05) is 7.11 Å². The lowest BCUT2D eigenvalue weighted by molar-refractivity contribution is -0.159. The van der Waals surface area contributed by atoms with Crippen LogP contribution in [0.3, 0.4) is 0 Å². The van der Waals surface area contributed by atoms with Gasteiger partial charge in [0, 0.05) is 0 Å². The average molecular weight is 280 g/mol. The highest BCUT2D eigenvalue weighted by Crippen LogP contribution is 2.42. The zero-order valence-corrected chi connectivity index (χ0v) is 11.9. The molecule has 0 aliphatic heterocycles. The summed E-state index contributed by atoms with van der Waals surface area (Å²) in [5.41, 5.74) is -0.829. The fourth-order valence-corrected chi connectivity index (χ4v) is 2.58. The van der Waals surface area contributed by atoms with Gasteiger partial charge in [-0.05, 0) is 30.5 Å². The van der Waals surface area contributed by atoms with Crippen LogP contribution >= 0.6 is 0 Å². The van der Waals surface area contributed by atoms with Crippen molar-refractivity contribution in [2.24, 2.45) is 5.41 Å². The van der Waals surface area contributed by atoms with Crippen molar-refractivity contribution < 1.29 is 24.5 Å². The van der Waals surface area contributed by atoms with Gasteiger partial charge in [-0.3, -0.25) is 9.59 Å². The Morgan fingerprint density at radius 1 is 1.15 bits per heavy atom. The van der Waals surface area contributed by atoms with Crippen molar-refractivity contribution in [1.29, 1.82) is 0 Å². The van der Waals surface area contributed by atoms with E-state index in [0.29, 0.717) is 11.3 Å². The van der Waals surface area contributed by atoms with E-state index in [1.807, 2.05) is 0 Å². The topological polar surface area (TPSA) is 83.8 Å². The van der Waals surface area contributed by atoms with E-state index in [4.69, 9.17) is 4.74 Å². The molecule has 0 aliphatic carbocycles. The smallest absolute Gasteiger partial charge is 0.312 e. The van der Waals surface area contributed by atoms with Crippen LogP contribution in [0, 0.1) is 5.41 Å². The molecule has 0 radical (unpaired) electrons. The van der Waals surface area contributed by atoms with Gasteiger partial charge in [-0.1, -0.05) is 26.0 Å². The SMILES string of the molecule is CCC(CC)(C(=O)O)C(C(=O)O)c1ccc(OC)cc1. The third kappa shape index (κ3) is 2.76. The first-order valence-corrected chi connectivity index (χ1v) is 6.53. The minimum absolute atomic E-state index is 0.252. The predicted molar refractivity (Wildman–Crippen MR) is 74.0 cm³/mol. The highest BCUT2D eigenvalue weighted by Gasteiger charge is 2.47. The van der Waals surface area contributed by atoms with Crippen molar-refractivity contribution in [3.63, 3.8) is 0 Å². The first kappa shape index (κ1) is 16.0. The molecule has 0 amide bonds. The van der Waals surface area contributed by atoms with Crippen molar-refractivity contribution >= 4 is 11.9 Å². The summed E-state index contributed by atoms with van der Waals surface area (Å²) < 4.78 is 5.03. The van der Waals surface area contributed by atoms with Crippen LogP contribution in [-0.2, 0) is 9.59 Å².